The molecule has 0 fully saturated rings. The van der Waals surface area contributed by atoms with E-state index in [1.807, 2.05) is 19.9 Å². The highest BCUT2D eigenvalue weighted by Crippen LogP contribution is 2.22. The van der Waals surface area contributed by atoms with Gasteiger partial charge in [-0.05, 0) is 50.9 Å². The molecule has 1 aliphatic rings. The van der Waals surface area contributed by atoms with Crippen molar-refractivity contribution in [1.29, 1.82) is 0 Å². The molecular weight excluding hydrogens is 508 g/mol. The molecule has 1 aliphatic heterocycles. The molecule has 9 heteroatoms. The molecule has 0 bridgehead atoms. The lowest BCUT2D eigenvalue weighted by Crippen LogP contribution is -2.55. The normalized spacial score (nSPS) is 24.2. The molecule has 1 rings (SSSR count). The molecule has 1 heterocycles. The lowest BCUT2D eigenvalue weighted by atomic mass is 9.91. The van der Waals surface area contributed by atoms with Crippen LogP contribution in [0, 0.1) is 17.8 Å². The number of amides is 4. The third kappa shape index (κ3) is 13.3. The molecule has 0 aromatic heterocycles. The second kappa shape index (κ2) is 19.6. The zero-order chi connectivity index (χ0) is 30.1. The minimum absolute atomic E-state index is 0.0866. The molecule has 0 saturated heterocycles. The number of allylic oxidation sites excluding steroid dienone is 2. The number of hydrogen-bond acceptors (Lipinski definition) is 5. The number of unbranched alkanes of at least 4 members (excludes halogenated alkanes) is 4. The van der Waals surface area contributed by atoms with Gasteiger partial charge in [0.05, 0.1) is 7.11 Å². The SMILES string of the molecule is CCCCCCCC1CCCC/C=C/CC(C(=O)N(C)C)C[C@@H](C(=O)N(C)OC)NC(=O)[C@H](CC(C)C)NC1=O. The maximum Gasteiger partial charge on any atom is 0.268 e. The topological polar surface area (TPSA) is 108 Å². The number of likely N-dealkylation sites (N-methyl/N-ethyl adjacent to an activating group) is 1. The third-order valence-electron chi connectivity index (χ3n) is 7.64. The Balaban J connectivity index is 3.29. The smallest absolute Gasteiger partial charge is 0.268 e. The fourth-order valence-electron chi connectivity index (χ4n) is 5.18. The van der Waals surface area contributed by atoms with E-state index >= 15 is 0 Å². The first-order chi connectivity index (χ1) is 19.0. The lowest BCUT2D eigenvalue weighted by Gasteiger charge is -2.29. The summed E-state index contributed by atoms with van der Waals surface area (Å²) in [5.74, 6) is -1.53. The zero-order valence-electron chi connectivity index (χ0n) is 26.2. The van der Waals surface area contributed by atoms with Crippen molar-refractivity contribution in [2.75, 3.05) is 28.3 Å². The number of nitrogens with one attached hydrogen (secondary N) is 2. The van der Waals surface area contributed by atoms with Gasteiger partial charge >= 0.3 is 0 Å². The Morgan fingerprint density at radius 1 is 0.975 bits per heavy atom. The molecule has 0 aromatic carbocycles. The molecule has 0 aromatic rings. The standard InChI is InChI=1S/C31H56N4O5/c1-8-9-10-12-15-18-24-19-16-13-11-14-17-20-25(30(38)34(4)5)22-27(31(39)35(6)40-7)33-29(37)26(21-23(2)3)32-28(24)36/h14,17,23-27H,8-13,15-16,18-22H2,1-7H3,(H,32,36)(H,33,37)/b17-14+/t24?,25?,26-,27-/m0/s1. The number of carbonyl (C=O) groups is 4. The van der Waals surface area contributed by atoms with E-state index < -0.39 is 29.8 Å². The predicted molar refractivity (Wildman–Crippen MR) is 159 cm³/mol. The van der Waals surface area contributed by atoms with Crippen LogP contribution in [0.5, 0.6) is 0 Å². The van der Waals surface area contributed by atoms with Gasteiger partial charge in [0.2, 0.25) is 17.7 Å². The first kappa shape index (κ1) is 35.6. The Morgan fingerprint density at radius 3 is 2.30 bits per heavy atom. The molecule has 4 atom stereocenters. The minimum atomic E-state index is -0.978. The van der Waals surface area contributed by atoms with E-state index in [1.54, 1.807) is 14.1 Å². The van der Waals surface area contributed by atoms with Crippen LogP contribution in [-0.2, 0) is 24.0 Å². The van der Waals surface area contributed by atoms with E-state index in [-0.39, 0.29) is 30.1 Å². The third-order valence-corrected chi connectivity index (χ3v) is 7.64. The summed E-state index contributed by atoms with van der Waals surface area (Å²) in [6.07, 6.45) is 15.2. The van der Waals surface area contributed by atoms with Crippen molar-refractivity contribution >= 4 is 23.6 Å². The Kier molecular flexibility index (Phi) is 17.5. The van der Waals surface area contributed by atoms with Gasteiger partial charge in [-0.15, -0.1) is 0 Å². The first-order valence-electron chi connectivity index (χ1n) is 15.3. The summed E-state index contributed by atoms with van der Waals surface area (Å²) < 4.78 is 0. The van der Waals surface area contributed by atoms with E-state index in [2.05, 4.69) is 23.6 Å². The number of nitrogens with zero attached hydrogens (tertiary/aromatic N) is 2. The van der Waals surface area contributed by atoms with Crippen molar-refractivity contribution in [2.24, 2.45) is 17.8 Å². The van der Waals surface area contributed by atoms with E-state index in [9.17, 15) is 19.2 Å². The molecule has 0 spiro atoms. The van der Waals surface area contributed by atoms with Crippen molar-refractivity contribution in [3.05, 3.63) is 12.2 Å². The van der Waals surface area contributed by atoms with Crippen LogP contribution in [0.15, 0.2) is 12.2 Å². The van der Waals surface area contributed by atoms with Crippen LogP contribution in [0.2, 0.25) is 0 Å². The van der Waals surface area contributed by atoms with Crippen molar-refractivity contribution < 1.29 is 24.0 Å². The van der Waals surface area contributed by atoms with Crippen molar-refractivity contribution in [3.63, 3.8) is 0 Å². The summed E-state index contributed by atoms with van der Waals surface area (Å²) in [6.45, 7) is 6.20. The molecule has 0 radical (unpaired) electrons. The summed E-state index contributed by atoms with van der Waals surface area (Å²) in [5, 5.41) is 6.99. The number of hydroxylamine groups is 2. The molecule has 230 valence electrons. The van der Waals surface area contributed by atoms with Gasteiger partial charge in [-0.1, -0.05) is 71.4 Å². The summed E-state index contributed by atoms with van der Waals surface area (Å²) >= 11 is 0. The van der Waals surface area contributed by atoms with E-state index in [0.29, 0.717) is 12.8 Å². The van der Waals surface area contributed by atoms with Gasteiger partial charge in [0.1, 0.15) is 12.1 Å². The van der Waals surface area contributed by atoms with Gasteiger partial charge in [-0.25, -0.2) is 5.06 Å². The highest BCUT2D eigenvalue weighted by molar-refractivity contribution is 5.92. The predicted octanol–water partition coefficient (Wildman–Crippen LogP) is 4.61. The summed E-state index contributed by atoms with van der Waals surface area (Å²) in [6, 6.07) is -1.75. The fraction of sp³-hybridized carbons (Fsp3) is 0.806. The summed E-state index contributed by atoms with van der Waals surface area (Å²) in [4.78, 5) is 60.0. The molecule has 4 amide bonds. The number of carbonyl (C=O) groups excluding carboxylic acids is 4. The van der Waals surface area contributed by atoms with Crippen molar-refractivity contribution in [1.82, 2.24) is 20.6 Å². The molecule has 40 heavy (non-hydrogen) atoms. The van der Waals surface area contributed by atoms with Gasteiger partial charge in [0.25, 0.3) is 5.91 Å². The van der Waals surface area contributed by atoms with Crippen LogP contribution in [0.25, 0.3) is 0 Å². The Labute approximate surface area is 242 Å². The quantitative estimate of drug-likeness (QED) is 0.216. The lowest BCUT2D eigenvalue weighted by molar-refractivity contribution is -0.172. The highest BCUT2D eigenvalue weighted by atomic mass is 16.7. The van der Waals surface area contributed by atoms with E-state index in [0.717, 1.165) is 50.0 Å². The fourth-order valence-corrected chi connectivity index (χ4v) is 5.18. The largest absolute Gasteiger partial charge is 0.349 e. The molecule has 2 N–H and O–H groups in total. The number of hydrogen-bond donors (Lipinski definition) is 2. The maximum absolute atomic E-state index is 13.6. The van der Waals surface area contributed by atoms with Crippen LogP contribution in [0.3, 0.4) is 0 Å². The second-order valence-corrected chi connectivity index (χ2v) is 11.8. The average molecular weight is 565 g/mol. The first-order valence-corrected chi connectivity index (χ1v) is 15.3. The Hall–Kier alpha value is -2.42. The van der Waals surface area contributed by atoms with Gasteiger partial charge in [0, 0.05) is 33.0 Å². The van der Waals surface area contributed by atoms with Crippen molar-refractivity contribution in [3.8, 4) is 0 Å². The number of rotatable bonds is 11. The van der Waals surface area contributed by atoms with E-state index in [4.69, 9.17) is 4.84 Å². The highest BCUT2D eigenvalue weighted by Gasteiger charge is 2.34. The van der Waals surface area contributed by atoms with Crippen LogP contribution in [-0.4, -0.2) is 73.9 Å². The maximum atomic E-state index is 13.6. The van der Waals surface area contributed by atoms with Crippen LogP contribution < -0.4 is 10.6 Å². The van der Waals surface area contributed by atoms with Crippen LogP contribution >= 0.6 is 0 Å². The monoisotopic (exact) mass is 564 g/mol. The molecular formula is C31H56N4O5. The van der Waals surface area contributed by atoms with Gasteiger partial charge in [0.15, 0.2) is 0 Å². The minimum Gasteiger partial charge on any atom is -0.349 e. The van der Waals surface area contributed by atoms with Gasteiger partial charge < -0.3 is 15.5 Å². The summed E-state index contributed by atoms with van der Waals surface area (Å²) in [7, 11) is 6.24. The van der Waals surface area contributed by atoms with E-state index in [1.165, 1.54) is 38.3 Å². The van der Waals surface area contributed by atoms with Crippen LogP contribution in [0.1, 0.15) is 104 Å². The Morgan fingerprint density at radius 2 is 1.68 bits per heavy atom. The van der Waals surface area contributed by atoms with Gasteiger partial charge in [-0.2, -0.15) is 0 Å². The molecule has 0 aliphatic carbocycles. The zero-order valence-corrected chi connectivity index (χ0v) is 26.2. The van der Waals surface area contributed by atoms with Crippen LogP contribution in [0.4, 0.5) is 0 Å². The molecule has 9 nitrogen and oxygen atoms in total. The molecule has 2 unspecified atom stereocenters. The molecule has 0 saturated carbocycles. The van der Waals surface area contributed by atoms with Crippen molar-refractivity contribution in [2.45, 2.75) is 116 Å². The average Bonchev–Trinajstić information content (AvgIpc) is 2.91. The summed E-state index contributed by atoms with van der Waals surface area (Å²) in [5.41, 5.74) is 0. The Bertz CT molecular complexity index is 814. The van der Waals surface area contributed by atoms with Gasteiger partial charge in [-0.3, -0.25) is 24.0 Å². The second-order valence-electron chi connectivity index (χ2n) is 11.8.